The van der Waals surface area contributed by atoms with E-state index in [0.717, 1.165) is 32.6 Å². The molecule has 2 fully saturated rings. The number of hydrogen-bond donors (Lipinski definition) is 1. The molecule has 2 rings (SSSR count). The third-order valence-electron chi connectivity index (χ3n) is 3.05. The zero-order valence-corrected chi connectivity index (χ0v) is 7.98. The first-order chi connectivity index (χ1) is 6.31. The van der Waals surface area contributed by atoms with Gasteiger partial charge in [0.1, 0.15) is 0 Å². The van der Waals surface area contributed by atoms with Crippen LogP contribution >= 0.6 is 0 Å². The van der Waals surface area contributed by atoms with Crippen LogP contribution in [0.2, 0.25) is 0 Å². The quantitative estimate of drug-likeness (QED) is 0.627. The Morgan fingerprint density at radius 2 is 2.00 bits per heavy atom. The molecule has 2 aliphatic rings. The van der Waals surface area contributed by atoms with Crippen LogP contribution in [0.3, 0.4) is 0 Å². The molecule has 13 heavy (non-hydrogen) atoms. The minimum atomic E-state index is 0.375. The second-order valence-corrected chi connectivity index (χ2v) is 4.06. The van der Waals surface area contributed by atoms with Crippen LogP contribution in [0.4, 0.5) is 0 Å². The predicted molar refractivity (Wildman–Crippen MR) is 52.5 cm³/mol. The van der Waals surface area contributed by atoms with Crippen LogP contribution in [0.15, 0.2) is 12.7 Å². The van der Waals surface area contributed by atoms with Crippen molar-refractivity contribution in [2.45, 2.75) is 31.0 Å². The third-order valence-corrected chi connectivity index (χ3v) is 3.05. The maximum atomic E-state index is 5.98. The van der Waals surface area contributed by atoms with E-state index in [4.69, 9.17) is 10.5 Å². The molecule has 2 saturated heterocycles. The van der Waals surface area contributed by atoms with E-state index >= 15 is 0 Å². The first-order valence-electron chi connectivity index (χ1n) is 5.01. The van der Waals surface area contributed by atoms with Crippen LogP contribution in [0, 0.1) is 0 Å². The predicted octanol–water partition coefficient (Wildman–Crippen LogP) is 0.363. The molecule has 0 aromatic heterocycles. The average molecular weight is 182 g/mol. The van der Waals surface area contributed by atoms with E-state index in [9.17, 15) is 0 Å². The summed E-state index contributed by atoms with van der Waals surface area (Å²) >= 11 is 0. The van der Waals surface area contributed by atoms with Gasteiger partial charge in [-0.2, -0.15) is 0 Å². The zero-order valence-electron chi connectivity index (χ0n) is 7.98. The summed E-state index contributed by atoms with van der Waals surface area (Å²) in [4.78, 5) is 2.49. The lowest BCUT2D eigenvalue weighted by Crippen LogP contribution is -2.59. The summed E-state index contributed by atoms with van der Waals surface area (Å²) in [6, 6.07) is 1.43. The van der Waals surface area contributed by atoms with Crippen molar-refractivity contribution in [2.75, 3.05) is 19.8 Å². The minimum absolute atomic E-state index is 0.375. The largest absolute Gasteiger partial charge is 0.378 e. The van der Waals surface area contributed by atoms with Crippen molar-refractivity contribution < 1.29 is 4.74 Å². The van der Waals surface area contributed by atoms with Crippen molar-refractivity contribution in [3.8, 4) is 0 Å². The van der Waals surface area contributed by atoms with E-state index in [1.165, 1.54) is 0 Å². The average Bonchev–Trinajstić information content (AvgIpc) is 2.07. The van der Waals surface area contributed by atoms with Crippen LogP contribution in [-0.4, -0.2) is 42.8 Å². The number of morpholine rings is 1. The van der Waals surface area contributed by atoms with Crippen molar-refractivity contribution >= 4 is 0 Å². The number of piperidine rings is 1. The van der Waals surface area contributed by atoms with Gasteiger partial charge in [-0.25, -0.2) is 0 Å². The Hall–Kier alpha value is -0.380. The van der Waals surface area contributed by atoms with Crippen LogP contribution in [0.25, 0.3) is 0 Å². The molecule has 2 aliphatic heterocycles. The van der Waals surface area contributed by atoms with Gasteiger partial charge in [0.15, 0.2) is 0 Å². The molecule has 0 spiro atoms. The van der Waals surface area contributed by atoms with Gasteiger partial charge in [0.2, 0.25) is 0 Å². The van der Waals surface area contributed by atoms with E-state index in [2.05, 4.69) is 11.5 Å². The van der Waals surface area contributed by atoms with Crippen LogP contribution in [0.1, 0.15) is 12.8 Å². The first kappa shape index (κ1) is 9.19. The molecule has 2 heterocycles. The number of rotatable bonds is 2. The second-order valence-electron chi connectivity index (χ2n) is 4.06. The monoisotopic (exact) mass is 182 g/mol. The van der Waals surface area contributed by atoms with E-state index < -0.39 is 0 Å². The molecule has 0 aromatic rings. The third kappa shape index (κ3) is 1.77. The standard InChI is InChI=1S/C10H18N2O/c1-2-3-12-9-4-8(11)5-10(12)7-13-6-9/h2,8-10H,1,3-7,11H2. The van der Waals surface area contributed by atoms with Gasteiger partial charge in [-0.15, -0.1) is 6.58 Å². The van der Waals surface area contributed by atoms with Crippen molar-refractivity contribution in [3.05, 3.63) is 12.7 Å². The molecule has 3 nitrogen and oxygen atoms in total. The fraction of sp³-hybridized carbons (Fsp3) is 0.800. The summed E-state index contributed by atoms with van der Waals surface area (Å²) in [7, 11) is 0. The SMILES string of the molecule is C=CCN1C2COCC1CC(N)C2. The number of fused-ring (bicyclic) bond motifs is 2. The summed E-state index contributed by atoms with van der Waals surface area (Å²) in [6.07, 6.45) is 4.12. The highest BCUT2D eigenvalue weighted by atomic mass is 16.5. The van der Waals surface area contributed by atoms with Gasteiger partial charge in [-0.05, 0) is 12.8 Å². The summed E-state index contributed by atoms with van der Waals surface area (Å²) < 4.78 is 5.53. The molecule has 3 heteroatoms. The Labute approximate surface area is 79.5 Å². The number of nitrogens with zero attached hydrogens (tertiary/aromatic N) is 1. The highest BCUT2D eigenvalue weighted by Gasteiger charge is 2.36. The van der Waals surface area contributed by atoms with E-state index in [0.29, 0.717) is 18.1 Å². The van der Waals surface area contributed by atoms with Gasteiger partial charge < -0.3 is 10.5 Å². The molecule has 74 valence electrons. The molecule has 2 bridgehead atoms. The van der Waals surface area contributed by atoms with Gasteiger partial charge in [0, 0.05) is 24.7 Å². The van der Waals surface area contributed by atoms with Gasteiger partial charge in [0.05, 0.1) is 13.2 Å². The summed E-state index contributed by atoms with van der Waals surface area (Å²) in [5.74, 6) is 0. The Kier molecular flexibility index (Phi) is 2.67. The number of hydrogen-bond acceptors (Lipinski definition) is 3. The van der Waals surface area contributed by atoms with Gasteiger partial charge in [-0.3, -0.25) is 4.90 Å². The van der Waals surface area contributed by atoms with Crippen molar-refractivity contribution in [1.29, 1.82) is 0 Å². The molecule has 2 atom stereocenters. The second kappa shape index (κ2) is 3.78. The van der Waals surface area contributed by atoms with Gasteiger partial charge in [-0.1, -0.05) is 6.08 Å². The molecular weight excluding hydrogens is 164 g/mol. The Bertz CT molecular complexity index is 181. The summed E-state index contributed by atoms with van der Waals surface area (Å²) in [5, 5.41) is 0. The van der Waals surface area contributed by atoms with Gasteiger partial charge in [0.25, 0.3) is 0 Å². The van der Waals surface area contributed by atoms with Crippen molar-refractivity contribution in [3.63, 3.8) is 0 Å². The fourth-order valence-electron chi connectivity index (χ4n) is 2.48. The van der Waals surface area contributed by atoms with Crippen molar-refractivity contribution in [1.82, 2.24) is 4.90 Å². The Morgan fingerprint density at radius 3 is 2.54 bits per heavy atom. The van der Waals surface area contributed by atoms with E-state index in [1.54, 1.807) is 0 Å². The van der Waals surface area contributed by atoms with Gasteiger partial charge >= 0.3 is 0 Å². The Balaban J connectivity index is 2.05. The molecule has 0 saturated carbocycles. The number of ether oxygens (including phenoxy) is 1. The fourth-order valence-corrected chi connectivity index (χ4v) is 2.48. The highest BCUT2D eigenvalue weighted by Crippen LogP contribution is 2.26. The van der Waals surface area contributed by atoms with E-state index in [1.807, 2.05) is 6.08 Å². The maximum Gasteiger partial charge on any atom is 0.0623 e. The molecule has 0 aromatic carbocycles. The lowest BCUT2D eigenvalue weighted by Gasteiger charge is -2.47. The molecule has 2 unspecified atom stereocenters. The molecular formula is C10H18N2O. The minimum Gasteiger partial charge on any atom is -0.378 e. The molecule has 2 N–H and O–H groups in total. The smallest absolute Gasteiger partial charge is 0.0623 e. The maximum absolute atomic E-state index is 5.98. The first-order valence-corrected chi connectivity index (χ1v) is 5.01. The zero-order chi connectivity index (χ0) is 9.26. The van der Waals surface area contributed by atoms with E-state index in [-0.39, 0.29) is 0 Å². The summed E-state index contributed by atoms with van der Waals surface area (Å²) in [5.41, 5.74) is 5.98. The molecule has 0 aliphatic carbocycles. The van der Waals surface area contributed by atoms with Crippen LogP contribution < -0.4 is 5.73 Å². The van der Waals surface area contributed by atoms with Crippen LogP contribution in [0.5, 0.6) is 0 Å². The molecule has 0 amide bonds. The number of nitrogens with two attached hydrogens (primary N) is 1. The van der Waals surface area contributed by atoms with Crippen molar-refractivity contribution in [2.24, 2.45) is 5.73 Å². The lowest BCUT2D eigenvalue weighted by molar-refractivity contribution is -0.0719. The molecule has 0 radical (unpaired) electrons. The highest BCUT2D eigenvalue weighted by molar-refractivity contribution is 4.95. The Morgan fingerprint density at radius 1 is 1.38 bits per heavy atom. The normalized spacial score (nSPS) is 40.2. The topological polar surface area (TPSA) is 38.5 Å². The van der Waals surface area contributed by atoms with Crippen LogP contribution in [-0.2, 0) is 4.74 Å². The summed E-state index contributed by atoms with van der Waals surface area (Å²) in [6.45, 7) is 6.46. The lowest BCUT2D eigenvalue weighted by atomic mass is 9.91.